The number of ether oxygens (including phenoxy) is 1. The molecule has 0 bridgehead atoms. The third-order valence-corrected chi connectivity index (χ3v) is 8.31. The lowest BCUT2D eigenvalue weighted by atomic mass is 9.59. The van der Waals surface area contributed by atoms with E-state index < -0.39 is 6.36 Å². The van der Waals surface area contributed by atoms with Crippen molar-refractivity contribution in [3.63, 3.8) is 0 Å². The Bertz CT molecular complexity index is 568. The van der Waals surface area contributed by atoms with Crippen molar-refractivity contribution in [3.8, 4) is 5.75 Å². The SMILES string of the molecule is CCC1(C2CCC(c3ccc(OC(F)(F)F)cc3)CC2)CCC([SiH3])CC1. The Kier molecular flexibility index (Phi) is 6.05. The molecule has 0 atom stereocenters. The van der Waals surface area contributed by atoms with Crippen molar-refractivity contribution in [1.29, 1.82) is 0 Å². The molecule has 1 aromatic carbocycles. The van der Waals surface area contributed by atoms with E-state index in [1.54, 1.807) is 0 Å². The maximum atomic E-state index is 12.3. The van der Waals surface area contributed by atoms with Crippen LogP contribution in [0.15, 0.2) is 24.3 Å². The zero-order valence-corrected chi connectivity index (χ0v) is 17.9. The smallest absolute Gasteiger partial charge is 0.406 e. The lowest BCUT2D eigenvalue weighted by Crippen LogP contribution is -2.35. The molecule has 0 heterocycles. The van der Waals surface area contributed by atoms with Crippen molar-refractivity contribution in [1.82, 2.24) is 0 Å². The summed E-state index contributed by atoms with van der Waals surface area (Å²) in [5.41, 5.74) is 2.74. The number of hydrogen-bond donors (Lipinski definition) is 0. The fourth-order valence-electron chi connectivity index (χ4n) is 5.37. The summed E-state index contributed by atoms with van der Waals surface area (Å²) in [6, 6.07) is 6.53. The van der Waals surface area contributed by atoms with E-state index in [4.69, 9.17) is 0 Å². The Balaban J connectivity index is 1.58. The average molecular weight is 385 g/mol. The first-order chi connectivity index (χ1) is 12.3. The van der Waals surface area contributed by atoms with Gasteiger partial charge in [-0.3, -0.25) is 0 Å². The van der Waals surface area contributed by atoms with Crippen LogP contribution < -0.4 is 4.74 Å². The van der Waals surface area contributed by atoms with Crippen LogP contribution in [0.25, 0.3) is 0 Å². The second kappa shape index (κ2) is 7.95. The molecule has 2 aliphatic carbocycles. The van der Waals surface area contributed by atoms with Gasteiger partial charge >= 0.3 is 6.36 Å². The number of rotatable bonds is 4. The number of hydrogen-bond acceptors (Lipinski definition) is 1. The van der Waals surface area contributed by atoms with E-state index in [0.717, 1.165) is 29.9 Å². The standard InChI is InChI=1S/C21H31F3OSi/c1-2-20(13-11-19(26)12-14-20)17-7-3-15(4-8-17)16-5-9-18(10-6-16)25-21(22,23)24/h5-6,9-10,15,17,19H,2-4,7-8,11-14H2,1,26H3. The van der Waals surface area contributed by atoms with Crippen molar-refractivity contribution in [3.05, 3.63) is 29.8 Å². The summed E-state index contributed by atoms with van der Waals surface area (Å²) in [4.78, 5) is 0. The largest absolute Gasteiger partial charge is 0.573 e. The first kappa shape index (κ1) is 19.8. The molecular formula is C21H31F3OSi. The molecule has 2 saturated carbocycles. The van der Waals surface area contributed by atoms with Crippen LogP contribution in [-0.2, 0) is 0 Å². The first-order valence-electron chi connectivity index (χ1n) is 10.2. The summed E-state index contributed by atoms with van der Waals surface area (Å²) in [7, 11) is 1.34. The Morgan fingerprint density at radius 2 is 1.58 bits per heavy atom. The van der Waals surface area contributed by atoms with Crippen molar-refractivity contribution in [2.45, 2.75) is 82.5 Å². The molecule has 0 aliphatic heterocycles. The highest BCUT2D eigenvalue weighted by Gasteiger charge is 2.41. The zero-order valence-electron chi connectivity index (χ0n) is 15.9. The molecular weight excluding hydrogens is 353 g/mol. The zero-order chi connectivity index (χ0) is 18.8. The first-order valence-corrected chi connectivity index (χ1v) is 11.3. The van der Waals surface area contributed by atoms with Gasteiger partial charge in [0.2, 0.25) is 0 Å². The van der Waals surface area contributed by atoms with Gasteiger partial charge in [0.25, 0.3) is 0 Å². The van der Waals surface area contributed by atoms with E-state index in [1.807, 2.05) is 12.1 Å². The molecule has 3 rings (SSSR count). The van der Waals surface area contributed by atoms with Gasteiger partial charge in [0.1, 0.15) is 5.75 Å². The molecule has 5 heteroatoms. The van der Waals surface area contributed by atoms with E-state index in [0.29, 0.717) is 11.3 Å². The third kappa shape index (κ3) is 4.65. The highest BCUT2D eigenvalue weighted by Crippen LogP contribution is 2.53. The highest BCUT2D eigenvalue weighted by atomic mass is 28.1. The molecule has 0 aromatic heterocycles. The lowest BCUT2D eigenvalue weighted by molar-refractivity contribution is -0.274. The number of halogens is 3. The molecule has 2 aliphatic rings. The molecule has 26 heavy (non-hydrogen) atoms. The van der Waals surface area contributed by atoms with Gasteiger partial charge in [0.05, 0.1) is 0 Å². The summed E-state index contributed by atoms with van der Waals surface area (Å²) in [5.74, 6) is 1.19. The molecule has 146 valence electrons. The van der Waals surface area contributed by atoms with Gasteiger partial charge in [0, 0.05) is 10.2 Å². The lowest BCUT2D eigenvalue weighted by Gasteiger charge is -2.47. The summed E-state index contributed by atoms with van der Waals surface area (Å²) >= 11 is 0. The van der Waals surface area contributed by atoms with Crippen molar-refractivity contribution in [2.75, 3.05) is 0 Å². The fraction of sp³-hybridized carbons (Fsp3) is 0.714. The van der Waals surface area contributed by atoms with E-state index in [9.17, 15) is 13.2 Å². The van der Waals surface area contributed by atoms with Gasteiger partial charge in [-0.05, 0) is 73.5 Å². The maximum absolute atomic E-state index is 12.3. The Labute approximate surface area is 158 Å². The van der Waals surface area contributed by atoms with Gasteiger partial charge < -0.3 is 4.74 Å². The molecule has 1 aromatic rings. The molecule has 0 unspecified atom stereocenters. The summed E-state index contributed by atoms with van der Waals surface area (Å²) in [6.07, 6.45) is 7.24. The molecule has 2 fully saturated rings. The van der Waals surface area contributed by atoms with Crippen molar-refractivity contribution >= 4 is 10.2 Å². The minimum atomic E-state index is -4.62. The minimum absolute atomic E-state index is 0.125. The molecule has 1 nitrogen and oxygen atoms in total. The van der Waals surface area contributed by atoms with Gasteiger partial charge in [-0.15, -0.1) is 13.2 Å². The van der Waals surface area contributed by atoms with Gasteiger partial charge in [-0.2, -0.15) is 0 Å². The van der Waals surface area contributed by atoms with E-state index in [-0.39, 0.29) is 5.75 Å². The van der Waals surface area contributed by atoms with Crippen LogP contribution in [0.2, 0.25) is 5.54 Å². The predicted molar refractivity (Wildman–Crippen MR) is 103 cm³/mol. The van der Waals surface area contributed by atoms with Crippen LogP contribution >= 0.6 is 0 Å². The molecule has 0 spiro atoms. The molecule has 0 radical (unpaired) electrons. The van der Waals surface area contributed by atoms with E-state index >= 15 is 0 Å². The maximum Gasteiger partial charge on any atom is 0.573 e. The van der Waals surface area contributed by atoms with Crippen LogP contribution in [0.3, 0.4) is 0 Å². The van der Waals surface area contributed by atoms with Crippen LogP contribution in [-0.4, -0.2) is 16.6 Å². The molecule has 0 N–H and O–H groups in total. The third-order valence-electron chi connectivity index (χ3n) is 7.15. The van der Waals surface area contributed by atoms with Gasteiger partial charge in [-0.1, -0.05) is 43.9 Å². The Morgan fingerprint density at radius 3 is 2.08 bits per heavy atom. The predicted octanol–water partition coefficient (Wildman–Crippen LogP) is 5.98. The summed E-state index contributed by atoms with van der Waals surface area (Å²) in [5, 5.41) is 0. The average Bonchev–Trinajstić information content (AvgIpc) is 2.62. The van der Waals surface area contributed by atoms with Crippen LogP contribution in [0.5, 0.6) is 5.75 Å². The quantitative estimate of drug-likeness (QED) is 0.580. The van der Waals surface area contributed by atoms with E-state index in [2.05, 4.69) is 11.7 Å². The molecule has 0 amide bonds. The van der Waals surface area contributed by atoms with Gasteiger partial charge in [0.15, 0.2) is 0 Å². The number of benzene rings is 1. The van der Waals surface area contributed by atoms with E-state index in [1.165, 1.54) is 67.3 Å². The van der Waals surface area contributed by atoms with Crippen molar-refractivity contribution in [2.24, 2.45) is 11.3 Å². The second-order valence-corrected chi connectivity index (χ2v) is 10.2. The second-order valence-electron chi connectivity index (χ2n) is 8.56. The van der Waals surface area contributed by atoms with Crippen LogP contribution in [0.1, 0.15) is 76.2 Å². The summed E-state index contributed by atoms with van der Waals surface area (Å²) < 4.78 is 40.8. The molecule has 0 saturated heterocycles. The monoisotopic (exact) mass is 384 g/mol. The van der Waals surface area contributed by atoms with Crippen LogP contribution in [0, 0.1) is 11.3 Å². The normalized spacial score (nSPS) is 33.2. The number of alkyl halides is 3. The Hall–Kier alpha value is -0.973. The van der Waals surface area contributed by atoms with Crippen molar-refractivity contribution < 1.29 is 17.9 Å². The topological polar surface area (TPSA) is 9.23 Å². The summed E-state index contributed by atoms with van der Waals surface area (Å²) in [6.45, 7) is 2.37. The van der Waals surface area contributed by atoms with Crippen LogP contribution in [0.4, 0.5) is 13.2 Å². The minimum Gasteiger partial charge on any atom is -0.406 e. The Morgan fingerprint density at radius 1 is 1.00 bits per heavy atom. The van der Waals surface area contributed by atoms with Gasteiger partial charge in [-0.25, -0.2) is 0 Å². The highest BCUT2D eigenvalue weighted by molar-refractivity contribution is 6.11. The fourth-order valence-corrected chi connectivity index (χ4v) is 5.95.